The van der Waals surface area contributed by atoms with Gasteiger partial charge >= 0.3 is 6.03 Å². The number of nitrogens with two attached hydrogens (primary N) is 1. The van der Waals surface area contributed by atoms with Crippen LogP contribution < -0.4 is 11.1 Å². The number of hydrogen-bond acceptors (Lipinski definition) is 4. The van der Waals surface area contributed by atoms with E-state index in [-0.39, 0.29) is 0 Å². The number of carbonyl (C=O) groups is 2. The van der Waals surface area contributed by atoms with Gasteiger partial charge in [-0.25, -0.2) is 4.79 Å². The van der Waals surface area contributed by atoms with Crippen molar-refractivity contribution >= 4 is 23.7 Å². The summed E-state index contributed by atoms with van der Waals surface area (Å²) in [5.41, 5.74) is 5.81. The Bertz CT molecular complexity index is 569. The Kier molecular flexibility index (Phi) is 4.84. The van der Waals surface area contributed by atoms with Crippen molar-refractivity contribution < 1.29 is 14.0 Å². The Balaban J connectivity index is 2.11. The summed E-state index contributed by atoms with van der Waals surface area (Å²) >= 11 is 1.37. The highest BCUT2D eigenvalue weighted by Crippen LogP contribution is 2.31. The number of nitrogens with one attached hydrogen (secondary N) is 1. The molecule has 0 saturated heterocycles. The lowest BCUT2D eigenvalue weighted by atomic mass is 10.1. The molecule has 0 saturated carbocycles. The van der Waals surface area contributed by atoms with Gasteiger partial charge in [0.25, 0.3) is 0 Å². The lowest BCUT2D eigenvalue weighted by molar-refractivity contribution is -0.119. The number of rotatable bonds is 5. The first-order valence-corrected chi connectivity index (χ1v) is 7.01. The highest BCUT2D eigenvalue weighted by atomic mass is 32.2. The molecule has 1 aromatic carbocycles. The molecule has 2 rings (SSSR count). The lowest BCUT2D eigenvalue weighted by Crippen LogP contribution is -2.37. The second-order valence-electron chi connectivity index (χ2n) is 4.03. The Morgan fingerprint density at radius 1 is 1.20 bits per heavy atom. The molecular weight excluding hydrogens is 276 g/mol. The van der Waals surface area contributed by atoms with Crippen molar-refractivity contribution in [1.29, 1.82) is 0 Å². The molecule has 0 unspecified atom stereocenters. The molecule has 0 bridgehead atoms. The quantitative estimate of drug-likeness (QED) is 0.885. The van der Waals surface area contributed by atoms with Crippen molar-refractivity contribution in [3.63, 3.8) is 0 Å². The van der Waals surface area contributed by atoms with Crippen molar-refractivity contribution in [3.05, 3.63) is 60.1 Å². The second kappa shape index (κ2) is 6.81. The molecule has 0 fully saturated rings. The van der Waals surface area contributed by atoms with Crippen molar-refractivity contribution in [2.75, 3.05) is 0 Å². The van der Waals surface area contributed by atoms with E-state index in [1.54, 1.807) is 12.3 Å². The van der Waals surface area contributed by atoms with E-state index in [1.807, 2.05) is 36.4 Å². The van der Waals surface area contributed by atoms with E-state index in [0.717, 1.165) is 11.3 Å². The maximum absolute atomic E-state index is 12.1. The van der Waals surface area contributed by atoms with Crippen LogP contribution >= 0.6 is 11.8 Å². The molecule has 5 nitrogen and oxygen atoms in total. The van der Waals surface area contributed by atoms with Gasteiger partial charge < -0.3 is 10.2 Å². The molecule has 0 aliphatic heterocycles. The van der Waals surface area contributed by atoms with Gasteiger partial charge in [0, 0.05) is 0 Å². The molecule has 0 spiro atoms. The van der Waals surface area contributed by atoms with Crippen molar-refractivity contribution in [3.8, 4) is 0 Å². The fourth-order valence-corrected chi connectivity index (χ4v) is 2.75. The van der Waals surface area contributed by atoms with Gasteiger partial charge in [0.05, 0.1) is 12.0 Å². The van der Waals surface area contributed by atoms with Crippen LogP contribution in [0.3, 0.4) is 0 Å². The monoisotopic (exact) mass is 290 g/mol. The number of primary amides is 1. The summed E-state index contributed by atoms with van der Waals surface area (Å²) in [5, 5.41) is 1.60. The van der Waals surface area contributed by atoms with Crippen LogP contribution in [-0.2, 0) is 10.5 Å². The maximum Gasteiger partial charge on any atom is 0.318 e. The summed E-state index contributed by atoms with van der Waals surface area (Å²) in [4.78, 5) is 22.9. The third kappa shape index (κ3) is 3.89. The average Bonchev–Trinajstić information content (AvgIpc) is 2.92. The zero-order chi connectivity index (χ0) is 14.4. The standard InChI is InChI=1S/C14H14N2O3S/c15-14(18)16-13(17)12(10-5-2-1-3-6-10)20-9-11-7-4-8-19-11/h1-8,12H,9H2,(H3,15,16,17,18)/t12-/m0/s1. The van der Waals surface area contributed by atoms with Gasteiger partial charge in [-0.05, 0) is 17.7 Å². The normalized spacial score (nSPS) is 11.8. The minimum absolute atomic E-state index is 0.430. The van der Waals surface area contributed by atoms with E-state index in [0.29, 0.717) is 5.75 Å². The van der Waals surface area contributed by atoms with E-state index >= 15 is 0 Å². The zero-order valence-electron chi connectivity index (χ0n) is 10.6. The molecule has 6 heteroatoms. The molecule has 1 atom stereocenters. The predicted molar refractivity (Wildman–Crippen MR) is 76.9 cm³/mol. The minimum atomic E-state index is -0.852. The fourth-order valence-electron chi connectivity index (χ4n) is 1.70. The Labute approximate surface area is 120 Å². The summed E-state index contributed by atoms with van der Waals surface area (Å²) in [6.45, 7) is 0. The largest absolute Gasteiger partial charge is 0.468 e. The number of urea groups is 1. The van der Waals surface area contributed by atoms with E-state index in [4.69, 9.17) is 10.2 Å². The Hall–Kier alpha value is -2.21. The SMILES string of the molecule is NC(=O)NC(=O)[C@@H](SCc1ccco1)c1ccccc1. The number of hydrogen-bond donors (Lipinski definition) is 2. The molecular formula is C14H14N2O3S. The van der Waals surface area contributed by atoms with Crippen LogP contribution in [0.25, 0.3) is 0 Å². The van der Waals surface area contributed by atoms with E-state index in [2.05, 4.69) is 5.32 Å². The van der Waals surface area contributed by atoms with E-state index < -0.39 is 17.2 Å². The number of benzene rings is 1. The third-order valence-electron chi connectivity index (χ3n) is 2.56. The van der Waals surface area contributed by atoms with E-state index in [9.17, 15) is 9.59 Å². The highest BCUT2D eigenvalue weighted by molar-refractivity contribution is 7.99. The van der Waals surface area contributed by atoms with Gasteiger partial charge in [-0.2, -0.15) is 0 Å². The highest BCUT2D eigenvalue weighted by Gasteiger charge is 2.22. The van der Waals surface area contributed by atoms with Crippen molar-refractivity contribution in [1.82, 2.24) is 5.32 Å². The smallest absolute Gasteiger partial charge is 0.318 e. The summed E-state index contributed by atoms with van der Waals surface area (Å²) in [5.74, 6) is 0.863. The summed E-state index contributed by atoms with van der Waals surface area (Å²) in [7, 11) is 0. The zero-order valence-corrected chi connectivity index (χ0v) is 11.4. The molecule has 0 aliphatic carbocycles. The third-order valence-corrected chi connectivity index (χ3v) is 3.83. The van der Waals surface area contributed by atoms with Gasteiger partial charge in [0.15, 0.2) is 0 Å². The van der Waals surface area contributed by atoms with Gasteiger partial charge in [0.1, 0.15) is 11.0 Å². The molecule has 1 heterocycles. The summed E-state index contributed by atoms with van der Waals surface area (Å²) in [6, 6.07) is 12.0. The number of imide groups is 1. The van der Waals surface area contributed by atoms with Gasteiger partial charge in [0.2, 0.25) is 5.91 Å². The molecule has 3 N–H and O–H groups in total. The predicted octanol–water partition coefficient (Wildman–Crippen LogP) is 2.45. The number of thioether (sulfide) groups is 1. The van der Waals surface area contributed by atoms with Crippen molar-refractivity contribution in [2.45, 2.75) is 11.0 Å². The molecule has 2 aromatic rings. The minimum Gasteiger partial charge on any atom is -0.468 e. The second-order valence-corrected chi connectivity index (χ2v) is 5.13. The first kappa shape index (κ1) is 14.2. The summed E-state index contributed by atoms with van der Waals surface area (Å²) in [6.07, 6.45) is 1.58. The van der Waals surface area contributed by atoms with Gasteiger partial charge in [-0.15, -0.1) is 11.8 Å². The molecule has 1 aromatic heterocycles. The first-order chi connectivity index (χ1) is 9.66. The van der Waals surface area contributed by atoms with Crippen LogP contribution in [0.2, 0.25) is 0 Å². The number of amides is 3. The van der Waals surface area contributed by atoms with Gasteiger partial charge in [-0.3, -0.25) is 10.1 Å². The molecule has 3 amide bonds. The van der Waals surface area contributed by atoms with Crippen LogP contribution in [0.5, 0.6) is 0 Å². The van der Waals surface area contributed by atoms with Crippen LogP contribution in [0.15, 0.2) is 53.1 Å². The van der Waals surface area contributed by atoms with Crippen molar-refractivity contribution in [2.24, 2.45) is 5.73 Å². The topological polar surface area (TPSA) is 85.3 Å². The lowest BCUT2D eigenvalue weighted by Gasteiger charge is -2.15. The molecule has 0 aliphatic rings. The average molecular weight is 290 g/mol. The van der Waals surface area contributed by atoms with Crippen LogP contribution in [0, 0.1) is 0 Å². The first-order valence-electron chi connectivity index (χ1n) is 5.96. The molecule has 0 radical (unpaired) electrons. The summed E-state index contributed by atoms with van der Waals surface area (Å²) < 4.78 is 5.24. The van der Waals surface area contributed by atoms with Crippen LogP contribution in [-0.4, -0.2) is 11.9 Å². The Morgan fingerprint density at radius 3 is 2.55 bits per heavy atom. The van der Waals surface area contributed by atoms with E-state index in [1.165, 1.54) is 11.8 Å². The van der Waals surface area contributed by atoms with Crippen LogP contribution in [0.4, 0.5) is 4.79 Å². The molecule has 20 heavy (non-hydrogen) atoms. The van der Waals surface area contributed by atoms with Gasteiger partial charge in [-0.1, -0.05) is 30.3 Å². The fraction of sp³-hybridized carbons (Fsp3) is 0.143. The molecule has 104 valence electrons. The van der Waals surface area contributed by atoms with Crippen LogP contribution in [0.1, 0.15) is 16.6 Å². The number of furan rings is 1. The number of carbonyl (C=O) groups excluding carboxylic acids is 2. The maximum atomic E-state index is 12.1. The Morgan fingerprint density at radius 2 is 1.95 bits per heavy atom.